The SMILES string of the molecule is [2H]/C(C#N)=C(/[2H])c1cc(C)c(Nc2ccnc(Nc3cc([2H])c(C#N)c([2H])c3)n2)c(C([2H])([2H])[2H])c1. The van der Waals surface area contributed by atoms with Crippen LogP contribution in [0.4, 0.5) is 23.1 Å². The summed E-state index contributed by atoms with van der Waals surface area (Å²) in [4.78, 5) is 8.40. The van der Waals surface area contributed by atoms with Crippen molar-refractivity contribution in [2.75, 3.05) is 10.6 Å². The second-order valence-corrected chi connectivity index (χ2v) is 5.61. The minimum Gasteiger partial charge on any atom is -0.340 e. The van der Waals surface area contributed by atoms with Crippen LogP contribution in [0.2, 0.25) is 0 Å². The van der Waals surface area contributed by atoms with Crippen molar-refractivity contribution in [3.05, 3.63) is 76.9 Å². The summed E-state index contributed by atoms with van der Waals surface area (Å²) in [7, 11) is 0. The largest absolute Gasteiger partial charge is 0.340 e. The van der Waals surface area contributed by atoms with E-state index in [1.807, 2.05) is 0 Å². The molecule has 0 amide bonds. The van der Waals surface area contributed by atoms with Crippen LogP contribution in [-0.2, 0) is 0 Å². The van der Waals surface area contributed by atoms with Crippen LogP contribution in [0.15, 0.2) is 54.7 Å². The molecular weight excluding hydrogens is 348 g/mol. The molecule has 6 nitrogen and oxygen atoms in total. The molecule has 2 aromatic carbocycles. The van der Waals surface area contributed by atoms with E-state index in [-0.39, 0.29) is 52.3 Å². The maximum atomic E-state index is 9.03. The Kier molecular flexibility index (Phi) is 3.49. The van der Waals surface area contributed by atoms with Gasteiger partial charge in [-0.25, -0.2) is 4.98 Å². The Hall–Kier alpha value is -4.16. The molecule has 0 unspecified atom stereocenters. The first-order valence-electron chi connectivity index (χ1n) is 11.6. The highest BCUT2D eigenvalue weighted by atomic mass is 15.1. The number of aromatic nitrogens is 2. The van der Waals surface area contributed by atoms with Gasteiger partial charge in [-0.1, -0.05) is 0 Å². The van der Waals surface area contributed by atoms with Crippen LogP contribution in [0.5, 0.6) is 0 Å². The summed E-state index contributed by atoms with van der Waals surface area (Å²) < 4.78 is 55.1. The number of rotatable bonds is 5. The van der Waals surface area contributed by atoms with Gasteiger partial charge in [0.15, 0.2) is 0 Å². The molecule has 0 fully saturated rings. The van der Waals surface area contributed by atoms with Crippen LogP contribution >= 0.6 is 0 Å². The van der Waals surface area contributed by atoms with E-state index in [1.54, 1.807) is 19.1 Å². The Balaban J connectivity index is 1.99. The summed E-state index contributed by atoms with van der Waals surface area (Å²) in [6.45, 7) is -0.934. The predicted molar refractivity (Wildman–Crippen MR) is 110 cm³/mol. The summed E-state index contributed by atoms with van der Waals surface area (Å²) in [5.41, 5.74) is 0.992. The zero-order chi connectivity index (χ0) is 25.9. The number of anilines is 4. The molecule has 0 saturated heterocycles. The maximum Gasteiger partial charge on any atom is 0.229 e. The fraction of sp³-hybridized carbons (Fsp3) is 0.0909. The van der Waals surface area contributed by atoms with Crippen LogP contribution in [-0.4, -0.2) is 9.97 Å². The van der Waals surface area contributed by atoms with E-state index in [0.29, 0.717) is 11.3 Å². The number of hydrogen-bond donors (Lipinski definition) is 2. The molecule has 0 spiro atoms. The van der Waals surface area contributed by atoms with Gasteiger partial charge in [-0.15, -0.1) is 0 Å². The van der Waals surface area contributed by atoms with Gasteiger partial charge in [0.2, 0.25) is 5.95 Å². The highest BCUT2D eigenvalue weighted by molar-refractivity contribution is 5.69. The Bertz CT molecular complexity index is 1390. The summed E-state index contributed by atoms with van der Waals surface area (Å²) in [6.07, 6.45) is 1.42. The molecule has 3 rings (SSSR count). The first kappa shape index (κ1) is 11.5. The average Bonchev–Trinajstić information content (AvgIpc) is 2.78. The molecule has 1 heterocycles. The van der Waals surface area contributed by atoms with Crippen molar-refractivity contribution in [3.63, 3.8) is 0 Å². The Morgan fingerprint density at radius 3 is 2.68 bits per heavy atom. The zero-order valence-corrected chi connectivity index (χ0v) is 14.8. The van der Waals surface area contributed by atoms with Gasteiger partial charge in [0.1, 0.15) is 5.82 Å². The first-order valence-corrected chi connectivity index (χ1v) is 8.06. The lowest BCUT2D eigenvalue weighted by Crippen LogP contribution is -2.02. The topological polar surface area (TPSA) is 97.4 Å². The Labute approximate surface area is 173 Å². The lowest BCUT2D eigenvalue weighted by molar-refractivity contribution is 1.16. The van der Waals surface area contributed by atoms with Gasteiger partial charge in [0, 0.05) is 27.7 Å². The van der Waals surface area contributed by atoms with E-state index in [4.69, 9.17) is 20.1 Å². The standard InChI is InChI=1S/C22H18N6/c1-15-12-18(4-3-10-23)13-16(2)21(15)27-20-9-11-25-22(28-20)26-19-7-5-17(14-24)6-8-19/h3-9,11-13H,1-2H3,(H2,25,26,27,28)/b4-3+/i1D3,3D,4D,5D,6D. The van der Waals surface area contributed by atoms with Crippen LogP contribution in [0.3, 0.4) is 0 Å². The number of allylic oxidation sites excluding steroid dienone is 1. The first-order chi connectivity index (χ1) is 16.4. The van der Waals surface area contributed by atoms with E-state index in [9.17, 15) is 0 Å². The van der Waals surface area contributed by atoms with Gasteiger partial charge in [-0.2, -0.15) is 15.5 Å². The van der Waals surface area contributed by atoms with Gasteiger partial charge in [-0.05, 0) is 78.9 Å². The van der Waals surface area contributed by atoms with Gasteiger partial charge in [0.25, 0.3) is 0 Å². The van der Waals surface area contributed by atoms with Crippen molar-refractivity contribution in [1.82, 2.24) is 9.97 Å². The number of nitrogens with one attached hydrogen (secondary N) is 2. The fourth-order valence-electron chi connectivity index (χ4n) is 2.39. The molecule has 6 heteroatoms. The Morgan fingerprint density at radius 1 is 1.18 bits per heavy atom. The molecule has 28 heavy (non-hydrogen) atoms. The van der Waals surface area contributed by atoms with E-state index in [2.05, 4.69) is 20.6 Å². The molecule has 0 atom stereocenters. The number of nitrogens with zero attached hydrogens (tertiary/aromatic N) is 4. The maximum absolute atomic E-state index is 9.03. The molecule has 0 radical (unpaired) electrons. The minimum absolute atomic E-state index is 0.0546. The van der Waals surface area contributed by atoms with Crippen molar-refractivity contribution in [2.45, 2.75) is 13.8 Å². The van der Waals surface area contributed by atoms with Crippen molar-refractivity contribution >= 4 is 29.2 Å². The second kappa shape index (κ2) is 8.48. The number of nitriles is 2. The van der Waals surface area contributed by atoms with Gasteiger partial charge < -0.3 is 10.6 Å². The number of benzene rings is 2. The van der Waals surface area contributed by atoms with Gasteiger partial charge in [0.05, 0.1) is 23.2 Å². The highest BCUT2D eigenvalue weighted by Crippen LogP contribution is 2.26. The van der Waals surface area contributed by atoms with Crippen LogP contribution < -0.4 is 10.6 Å². The third-order valence-electron chi connectivity index (χ3n) is 3.62. The smallest absolute Gasteiger partial charge is 0.229 e. The van der Waals surface area contributed by atoms with Crippen molar-refractivity contribution in [2.24, 2.45) is 0 Å². The Morgan fingerprint density at radius 2 is 1.96 bits per heavy atom. The minimum atomic E-state index is -2.57. The predicted octanol–water partition coefficient (Wildman–Crippen LogP) is 4.99. The summed E-state index contributed by atoms with van der Waals surface area (Å²) in [5, 5.41) is 23.8. The summed E-state index contributed by atoms with van der Waals surface area (Å²) >= 11 is 0. The number of hydrogen-bond acceptors (Lipinski definition) is 6. The third kappa shape index (κ3) is 4.51. The molecule has 0 bridgehead atoms. The van der Waals surface area contributed by atoms with Crippen LogP contribution in [0.1, 0.15) is 31.8 Å². The van der Waals surface area contributed by atoms with Crippen molar-refractivity contribution in [3.8, 4) is 12.1 Å². The molecular formula is C22H18N6. The zero-order valence-electron chi connectivity index (χ0n) is 21.8. The van der Waals surface area contributed by atoms with E-state index >= 15 is 0 Å². The normalized spacial score (nSPS) is 15.0. The monoisotopic (exact) mass is 373 g/mol. The molecule has 0 saturated carbocycles. The summed E-state index contributed by atoms with van der Waals surface area (Å²) in [6, 6.07) is 9.17. The molecule has 3 aromatic rings. The highest BCUT2D eigenvalue weighted by Gasteiger charge is 2.07. The van der Waals surface area contributed by atoms with Crippen molar-refractivity contribution < 1.29 is 9.60 Å². The lowest BCUT2D eigenvalue weighted by atomic mass is 10.0. The summed E-state index contributed by atoms with van der Waals surface area (Å²) in [5.74, 6) is 0.349. The van der Waals surface area contributed by atoms with Crippen LogP contribution in [0, 0.1) is 36.4 Å². The molecule has 0 aliphatic carbocycles. The van der Waals surface area contributed by atoms with Gasteiger partial charge in [-0.3, -0.25) is 0 Å². The molecule has 1 aromatic heterocycles. The molecule has 2 N–H and O–H groups in total. The molecule has 0 aliphatic heterocycles. The lowest BCUT2D eigenvalue weighted by Gasteiger charge is -2.14. The van der Waals surface area contributed by atoms with E-state index in [1.165, 1.54) is 36.5 Å². The van der Waals surface area contributed by atoms with Gasteiger partial charge >= 0.3 is 0 Å². The van der Waals surface area contributed by atoms with Crippen LogP contribution in [0.25, 0.3) is 6.05 Å². The fourth-order valence-corrected chi connectivity index (χ4v) is 2.39. The molecule has 136 valence electrons. The second-order valence-electron chi connectivity index (χ2n) is 5.61. The quantitative estimate of drug-likeness (QED) is 0.612. The van der Waals surface area contributed by atoms with E-state index in [0.717, 1.165) is 0 Å². The third-order valence-corrected chi connectivity index (χ3v) is 3.62. The van der Waals surface area contributed by atoms with E-state index < -0.39 is 12.9 Å². The molecule has 0 aliphatic rings. The average molecular weight is 373 g/mol. The number of aryl methyl sites for hydroxylation is 2. The van der Waals surface area contributed by atoms with Crippen molar-refractivity contribution in [1.29, 1.82) is 10.5 Å².